The third-order valence-electron chi connectivity index (χ3n) is 3.07. The summed E-state index contributed by atoms with van der Waals surface area (Å²) in [6.07, 6.45) is -3.21. The number of nitrogens with zero attached hydrogens (tertiary/aromatic N) is 2. The summed E-state index contributed by atoms with van der Waals surface area (Å²) < 4.78 is 9.79. The molecule has 134 valence electrons. The zero-order valence-corrected chi connectivity index (χ0v) is 13.5. The first-order valence-corrected chi connectivity index (χ1v) is 7.09. The van der Waals surface area contributed by atoms with E-state index in [-0.39, 0.29) is 31.5 Å². The van der Waals surface area contributed by atoms with Crippen LogP contribution in [-0.2, 0) is 19.1 Å². The Labute approximate surface area is 133 Å². The minimum Gasteiger partial charge on any atom is -0.434 e. The highest BCUT2D eigenvalue weighted by atomic mass is 17.0. The second-order valence-electron chi connectivity index (χ2n) is 5.21. The summed E-state index contributed by atoms with van der Waals surface area (Å²) in [6, 6.07) is 0. The van der Waals surface area contributed by atoms with Crippen molar-refractivity contribution in [2.24, 2.45) is 5.92 Å². The number of carbonyl (C=O) groups is 1. The number of carbonyl (C=O) groups excluding carboxylic acids is 1. The van der Waals surface area contributed by atoms with Crippen molar-refractivity contribution in [1.29, 1.82) is 0 Å². The minimum atomic E-state index is -1.15. The van der Waals surface area contributed by atoms with Crippen molar-refractivity contribution < 1.29 is 34.1 Å². The van der Waals surface area contributed by atoms with Gasteiger partial charge in [-0.3, -0.25) is 0 Å². The molecule has 0 aliphatic rings. The van der Waals surface area contributed by atoms with Crippen molar-refractivity contribution in [1.82, 2.24) is 0 Å². The fourth-order valence-electron chi connectivity index (χ4n) is 1.45. The van der Waals surface area contributed by atoms with E-state index in [9.17, 15) is 25.0 Å². The zero-order chi connectivity index (χ0) is 18.0. The van der Waals surface area contributed by atoms with E-state index >= 15 is 0 Å². The Morgan fingerprint density at radius 1 is 1.00 bits per heavy atom. The summed E-state index contributed by atoms with van der Waals surface area (Å²) in [4.78, 5) is 40.6. The average Bonchev–Trinajstić information content (AvgIpc) is 2.40. The molecule has 11 heteroatoms. The lowest BCUT2D eigenvalue weighted by Gasteiger charge is -2.20. The summed E-state index contributed by atoms with van der Waals surface area (Å²) in [5.74, 6) is 0.139. The number of rotatable bonds is 11. The van der Waals surface area contributed by atoms with Crippen LogP contribution in [0.1, 0.15) is 40.5 Å². The lowest BCUT2D eigenvalue weighted by molar-refractivity contribution is -0.798. The normalized spacial score (nSPS) is 14.5. The van der Waals surface area contributed by atoms with Gasteiger partial charge in [-0.05, 0) is 32.6 Å². The van der Waals surface area contributed by atoms with Crippen molar-refractivity contribution in [3.8, 4) is 0 Å². The predicted molar refractivity (Wildman–Crippen MR) is 75.4 cm³/mol. The van der Waals surface area contributed by atoms with Gasteiger partial charge in [-0.2, -0.15) is 0 Å². The van der Waals surface area contributed by atoms with Gasteiger partial charge >= 0.3 is 6.16 Å². The van der Waals surface area contributed by atoms with Crippen LogP contribution in [0.5, 0.6) is 0 Å². The largest absolute Gasteiger partial charge is 0.508 e. The molecule has 0 saturated carbocycles. The average molecular weight is 338 g/mol. The Kier molecular flexibility index (Phi) is 9.35. The van der Waals surface area contributed by atoms with Crippen LogP contribution in [0.15, 0.2) is 0 Å². The molecule has 0 radical (unpaired) electrons. The Balaban J connectivity index is 4.18. The summed E-state index contributed by atoms with van der Waals surface area (Å²) >= 11 is 0. The molecule has 0 N–H and O–H groups in total. The SMILES string of the molecule is CC(C)C(C)OC(=O)OCCC[C@H](O[N+](=O)[O-])[C@@H](C)O[N+](=O)[O-]. The molecule has 0 aromatic carbocycles. The number of hydrogen-bond donors (Lipinski definition) is 0. The second kappa shape index (κ2) is 10.4. The van der Waals surface area contributed by atoms with E-state index < -0.39 is 28.5 Å². The van der Waals surface area contributed by atoms with Gasteiger partial charge in [0.05, 0.1) is 6.61 Å². The quantitative estimate of drug-likeness (QED) is 0.240. The third kappa shape index (κ3) is 10.1. The molecule has 0 aromatic rings. The summed E-state index contributed by atoms with van der Waals surface area (Å²) in [5.41, 5.74) is 0. The monoisotopic (exact) mass is 338 g/mol. The Bertz CT molecular complexity index is 402. The maximum Gasteiger partial charge on any atom is 0.508 e. The maximum atomic E-state index is 11.4. The van der Waals surface area contributed by atoms with Gasteiger partial charge in [0.1, 0.15) is 18.3 Å². The van der Waals surface area contributed by atoms with Crippen LogP contribution in [0.25, 0.3) is 0 Å². The second-order valence-corrected chi connectivity index (χ2v) is 5.21. The number of hydrogen-bond acceptors (Lipinski definition) is 9. The maximum absolute atomic E-state index is 11.4. The smallest absolute Gasteiger partial charge is 0.434 e. The first-order chi connectivity index (χ1) is 10.6. The molecule has 23 heavy (non-hydrogen) atoms. The lowest BCUT2D eigenvalue weighted by atomic mass is 10.1. The van der Waals surface area contributed by atoms with Gasteiger partial charge < -0.3 is 19.1 Å². The van der Waals surface area contributed by atoms with Crippen LogP contribution in [0.2, 0.25) is 0 Å². The first kappa shape index (κ1) is 20.7. The van der Waals surface area contributed by atoms with Crippen LogP contribution < -0.4 is 0 Å². The fraction of sp³-hybridized carbons (Fsp3) is 0.917. The molecule has 0 fully saturated rings. The highest BCUT2D eigenvalue weighted by Crippen LogP contribution is 2.12. The van der Waals surface area contributed by atoms with Crippen molar-refractivity contribution in [2.75, 3.05) is 6.61 Å². The van der Waals surface area contributed by atoms with Gasteiger partial charge in [0.25, 0.3) is 10.2 Å². The van der Waals surface area contributed by atoms with E-state index in [2.05, 4.69) is 9.68 Å². The van der Waals surface area contributed by atoms with E-state index in [0.717, 1.165) is 0 Å². The van der Waals surface area contributed by atoms with Crippen molar-refractivity contribution in [2.45, 2.75) is 58.8 Å². The molecule has 0 bridgehead atoms. The predicted octanol–water partition coefficient (Wildman–Crippen LogP) is 2.14. The van der Waals surface area contributed by atoms with Gasteiger partial charge in [0.15, 0.2) is 0 Å². The van der Waals surface area contributed by atoms with Gasteiger partial charge in [0.2, 0.25) is 0 Å². The van der Waals surface area contributed by atoms with Gasteiger partial charge in [0, 0.05) is 0 Å². The molecule has 0 aliphatic carbocycles. The van der Waals surface area contributed by atoms with Crippen LogP contribution in [0.4, 0.5) is 4.79 Å². The fourth-order valence-corrected chi connectivity index (χ4v) is 1.45. The van der Waals surface area contributed by atoms with Gasteiger partial charge in [-0.1, -0.05) is 13.8 Å². The van der Waals surface area contributed by atoms with E-state index in [1.54, 1.807) is 6.92 Å². The van der Waals surface area contributed by atoms with E-state index in [1.165, 1.54) is 6.92 Å². The molecule has 0 aliphatic heterocycles. The van der Waals surface area contributed by atoms with Gasteiger partial charge in [-0.25, -0.2) is 4.79 Å². The third-order valence-corrected chi connectivity index (χ3v) is 3.07. The van der Waals surface area contributed by atoms with Crippen LogP contribution in [0.3, 0.4) is 0 Å². The summed E-state index contributed by atoms with van der Waals surface area (Å²) in [5, 5.41) is 18.5. The van der Waals surface area contributed by atoms with Crippen molar-refractivity contribution in [3.63, 3.8) is 0 Å². The van der Waals surface area contributed by atoms with Crippen LogP contribution in [0, 0.1) is 26.1 Å². The Morgan fingerprint density at radius 2 is 1.57 bits per heavy atom. The topological polar surface area (TPSA) is 140 Å². The standard InChI is InChI=1S/C12H22N2O9/c1-8(2)9(3)21-12(15)20-7-5-6-11(23-14(18)19)10(4)22-13(16)17/h8-11H,5-7H2,1-4H3/t9?,10-,11+/m1/s1. The molecule has 11 nitrogen and oxygen atoms in total. The first-order valence-electron chi connectivity index (χ1n) is 7.09. The molecule has 0 amide bonds. The summed E-state index contributed by atoms with van der Waals surface area (Å²) in [7, 11) is 0. The van der Waals surface area contributed by atoms with Crippen molar-refractivity contribution in [3.05, 3.63) is 20.2 Å². The van der Waals surface area contributed by atoms with Gasteiger partial charge in [-0.15, -0.1) is 20.2 Å². The molecular weight excluding hydrogens is 316 g/mol. The molecular formula is C12H22N2O9. The Morgan fingerprint density at radius 3 is 2.04 bits per heavy atom. The molecule has 0 rings (SSSR count). The zero-order valence-electron chi connectivity index (χ0n) is 13.5. The highest BCUT2D eigenvalue weighted by Gasteiger charge is 2.24. The van der Waals surface area contributed by atoms with Crippen molar-refractivity contribution >= 4 is 6.16 Å². The molecule has 0 aromatic heterocycles. The molecule has 1 unspecified atom stereocenters. The van der Waals surface area contributed by atoms with E-state index in [4.69, 9.17) is 9.47 Å². The molecule has 0 saturated heterocycles. The highest BCUT2D eigenvalue weighted by molar-refractivity contribution is 5.60. The minimum absolute atomic E-state index is 0.0308. The van der Waals surface area contributed by atoms with E-state index in [0.29, 0.717) is 0 Å². The van der Waals surface area contributed by atoms with Crippen LogP contribution in [-0.4, -0.2) is 41.2 Å². The van der Waals surface area contributed by atoms with E-state index in [1.807, 2.05) is 13.8 Å². The molecule has 0 spiro atoms. The molecule has 0 heterocycles. The number of ether oxygens (including phenoxy) is 2. The Hall–Kier alpha value is -2.33. The van der Waals surface area contributed by atoms with Crippen LogP contribution >= 0.6 is 0 Å². The lowest BCUT2D eigenvalue weighted by Crippen LogP contribution is -2.33. The summed E-state index contributed by atoms with van der Waals surface area (Å²) in [6.45, 7) is 6.70. The molecule has 3 atom stereocenters.